The fourth-order valence-corrected chi connectivity index (χ4v) is 4.26. The Morgan fingerprint density at radius 2 is 1.35 bits per heavy atom. The van der Waals surface area contributed by atoms with Crippen LogP contribution in [0, 0.1) is 11.8 Å². The molecule has 0 aromatic rings. The SMILES string of the molecule is CC(Cl)(CC1CCCCC1)C1CCCCC1.[SiH4]. The van der Waals surface area contributed by atoms with Crippen LogP contribution in [0.5, 0.6) is 0 Å². The molecule has 17 heavy (non-hydrogen) atoms. The monoisotopic (exact) mass is 274 g/mol. The van der Waals surface area contributed by atoms with Crippen molar-refractivity contribution in [2.75, 3.05) is 0 Å². The first kappa shape index (κ1) is 15.6. The highest BCUT2D eigenvalue weighted by Crippen LogP contribution is 2.43. The second kappa shape index (κ2) is 7.18. The Hall–Kier alpha value is 0.507. The standard InChI is InChI=1S/C15H27Cl.H4Si/c1-15(16,14-10-6-3-7-11-14)12-13-8-4-2-5-9-13;/h13-14H,2-12H2,1H3;1H4. The van der Waals surface area contributed by atoms with Crippen LogP contribution in [-0.4, -0.2) is 15.8 Å². The molecule has 2 heteroatoms. The normalized spacial score (nSPS) is 27.2. The first-order chi connectivity index (χ1) is 7.68. The van der Waals surface area contributed by atoms with Crippen LogP contribution in [0.2, 0.25) is 0 Å². The van der Waals surface area contributed by atoms with E-state index in [0.29, 0.717) is 0 Å². The summed E-state index contributed by atoms with van der Waals surface area (Å²) >= 11 is 6.85. The Labute approximate surface area is 117 Å². The van der Waals surface area contributed by atoms with Gasteiger partial charge >= 0.3 is 0 Å². The third-order valence-corrected chi connectivity index (χ3v) is 5.33. The van der Waals surface area contributed by atoms with E-state index in [4.69, 9.17) is 11.6 Å². The van der Waals surface area contributed by atoms with Crippen LogP contribution < -0.4 is 0 Å². The van der Waals surface area contributed by atoms with Gasteiger partial charge in [0.25, 0.3) is 0 Å². The summed E-state index contributed by atoms with van der Waals surface area (Å²) in [4.78, 5) is 0.0996. The van der Waals surface area contributed by atoms with E-state index in [2.05, 4.69) is 6.92 Å². The minimum atomic E-state index is 0. The van der Waals surface area contributed by atoms with Crippen molar-refractivity contribution >= 4 is 22.6 Å². The Morgan fingerprint density at radius 3 is 1.88 bits per heavy atom. The molecule has 2 fully saturated rings. The van der Waals surface area contributed by atoms with Gasteiger partial charge in [-0.2, -0.15) is 0 Å². The molecular weight excluding hydrogens is 244 g/mol. The molecule has 0 heterocycles. The lowest BCUT2D eigenvalue weighted by atomic mass is 9.74. The minimum Gasteiger partial charge on any atom is -0.119 e. The van der Waals surface area contributed by atoms with Crippen molar-refractivity contribution in [3.63, 3.8) is 0 Å². The molecule has 0 radical (unpaired) electrons. The van der Waals surface area contributed by atoms with Crippen LogP contribution in [0.3, 0.4) is 0 Å². The van der Waals surface area contributed by atoms with Gasteiger partial charge in [0.15, 0.2) is 0 Å². The van der Waals surface area contributed by atoms with Crippen molar-refractivity contribution in [1.29, 1.82) is 0 Å². The Bertz CT molecular complexity index is 203. The molecule has 0 saturated heterocycles. The number of hydrogen-bond acceptors (Lipinski definition) is 0. The maximum atomic E-state index is 6.85. The van der Waals surface area contributed by atoms with Crippen molar-refractivity contribution < 1.29 is 0 Å². The molecule has 102 valence electrons. The van der Waals surface area contributed by atoms with E-state index in [1.54, 1.807) is 0 Å². The number of halogens is 1. The third-order valence-electron chi connectivity index (χ3n) is 4.87. The molecule has 2 saturated carbocycles. The van der Waals surface area contributed by atoms with Gasteiger partial charge in [-0.25, -0.2) is 0 Å². The molecule has 0 bridgehead atoms. The number of alkyl halides is 1. The van der Waals surface area contributed by atoms with Gasteiger partial charge in [-0.15, -0.1) is 11.6 Å². The Morgan fingerprint density at radius 1 is 0.882 bits per heavy atom. The summed E-state index contributed by atoms with van der Waals surface area (Å²) in [5.41, 5.74) is 0. The van der Waals surface area contributed by atoms with Gasteiger partial charge < -0.3 is 0 Å². The second-order valence-electron chi connectivity index (χ2n) is 6.32. The molecule has 0 spiro atoms. The van der Waals surface area contributed by atoms with Crippen molar-refractivity contribution in [2.45, 2.75) is 82.4 Å². The average molecular weight is 275 g/mol. The zero-order valence-corrected chi connectivity index (χ0v) is 11.6. The zero-order valence-electron chi connectivity index (χ0n) is 10.8. The van der Waals surface area contributed by atoms with Gasteiger partial charge in [0.05, 0.1) is 0 Å². The molecule has 0 N–H and O–H groups in total. The molecule has 2 rings (SSSR count). The summed E-state index contributed by atoms with van der Waals surface area (Å²) in [6, 6.07) is 0. The maximum Gasteiger partial charge on any atom is 0.0449 e. The molecule has 0 aromatic carbocycles. The molecule has 0 amide bonds. The number of rotatable bonds is 3. The van der Waals surface area contributed by atoms with E-state index >= 15 is 0 Å². The van der Waals surface area contributed by atoms with Crippen molar-refractivity contribution in [1.82, 2.24) is 0 Å². The predicted molar refractivity (Wildman–Crippen MR) is 83.4 cm³/mol. The summed E-state index contributed by atoms with van der Waals surface area (Å²) in [6.45, 7) is 2.32. The largest absolute Gasteiger partial charge is 0.119 e. The molecule has 1 unspecified atom stereocenters. The van der Waals surface area contributed by atoms with Crippen LogP contribution in [0.4, 0.5) is 0 Å². The highest BCUT2D eigenvalue weighted by atomic mass is 35.5. The van der Waals surface area contributed by atoms with Gasteiger partial charge in [-0.3, -0.25) is 0 Å². The molecule has 2 aliphatic rings. The molecule has 0 aliphatic heterocycles. The quantitative estimate of drug-likeness (QED) is 0.537. The molecule has 0 nitrogen and oxygen atoms in total. The highest BCUT2D eigenvalue weighted by Gasteiger charge is 2.35. The second-order valence-corrected chi connectivity index (χ2v) is 7.18. The summed E-state index contributed by atoms with van der Waals surface area (Å²) < 4.78 is 0. The Balaban J connectivity index is 0.00000144. The molecule has 0 aromatic heterocycles. The van der Waals surface area contributed by atoms with Crippen molar-refractivity contribution in [3.05, 3.63) is 0 Å². The Kier molecular flexibility index (Phi) is 6.58. The lowest BCUT2D eigenvalue weighted by Crippen LogP contribution is -2.33. The lowest BCUT2D eigenvalue weighted by molar-refractivity contribution is 0.223. The van der Waals surface area contributed by atoms with Crippen LogP contribution in [0.1, 0.15) is 77.6 Å². The van der Waals surface area contributed by atoms with Crippen LogP contribution in [0.25, 0.3) is 0 Å². The summed E-state index contributed by atoms with van der Waals surface area (Å²) in [6.07, 6.45) is 15.5. The topological polar surface area (TPSA) is 0 Å². The van der Waals surface area contributed by atoms with Gasteiger partial charge in [-0.05, 0) is 49.0 Å². The summed E-state index contributed by atoms with van der Waals surface area (Å²) in [5, 5.41) is 0. The van der Waals surface area contributed by atoms with E-state index in [0.717, 1.165) is 11.8 Å². The van der Waals surface area contributed by atoms with Crippen LogP contribution in [-0.2, 0) is 0 Å². The van der Waals surface area contributed by atoms with Crippen LogP contribution >= 0.6 is 11.6 Å². The van der Waals surface area contributed by atoms with Gasteiger partial charge in [0.2, 0.25) is 0 Å². The minimum absolute atomic E-state index is 0. The molecule has 2 aliphatic carbocycles. The molecule has 1 atom stereocenters. The fraction of sp³-hybridized carbons (Fsp3) is 1.00. The van der Waals surface area contributed by atoms with Gasteiger partial charge in [0.1, 0.15) is 0 Å². The zero-order chi connectivity index (χ0) is 11.4. The van der Waals surface area contributed by atoms with Crippen LogP contribution in [0.15, 0.2) is 0 Å². The summed E-state index contributed by atoms with van der Waals surface area (Å²) in [7, 11) is 0. The lowest BCUT2D eigenvalue weighted by Gasteiger charge is -2.38. The van der Waals surface area contributed by atoms with Gasteiger partial charge in [0, 0.05) is 4.87 Å². The van der Waals surface area contributed by atoms with Crippen molar-refractivity contribution in [2.24, 2.45) is 11.8 Å². The van der Waals surface area contributed by atoms with E-state index < -0.39 is 0 Å². The van der Waals surface area contributed by atoms with Gasteiger partial charge in [-0.1, -0.05) is 51.4 Å². The van der Waals surface area contributed by atoms with E-state index in [9.17, 15) is 0 Å². The first-order valence-corrected chi connectivity index (χ1v) is 7.75. The fourth-order valence-electron chi connectivity index (χ4n) is 3.83. The predicted octanol–water partition coefficient (Wildman–Crippen LogP) is 4.08. The number of hydrogen-bond donors (Lipinski definition) is 0. The summed E-state index contributed by atoms with van der Waals surface area (Å²) in [5.74, 6) is 1.73. The third kappa shape index (κ3) is 4.59. The van der Waals surface area contributed by atoms with E-state index in [-0.39, 0.29) is 15.8 Å². The van der Waals surface area contributed by atoms with E-state index in [1.165, 1.54) is 70.6 Å². The van der Waals surface area contributed by atoms with E-state index in [1.807, 2.05) is 0 Å². The first-order valence-electron chi connectivity index (χ1n) is 7.37. The average Bonchev–Trinajstić information content (AvgIpc) is 2.31. The smallest absolute Gasteiger partial charge is 0.0449 e. The van der Waals surface area contributed by atoms with Crippen molar-refractivity contribution in [3.8, 4) is 0 Å². The molecular formula is C15H31ClSi. The highest BCUT2D eigenvalue weighted by molar-refractivity contribution is 6.23. The maximum absolute atomic E-state index is 6.85.